The standard InChI is InChI=1S/C20H23N3O3S2/c24-18-7-6-16(11-21-15-5-4-13-2-1-3-14(13)10-15)23(18)8-9-27-20-22-17(12-28-20)19(25)26/h4-5,10,12,16,21H,1-3,6-9,11H2,(H,25,26)/t16-/m1/s1. The van der Waals surface area contributed by atoms with Crippen molar-refractivity contribution in [1.82, 2.24) is 9.88 Å². The number of likely N-dealkylation sites (tertiary alicyclic amines) is 1. The van der Waals surface area contributed by atoms with Crippen LogP contribution in [-0.4, -0.2) is 51.8 Å². The highest BCUT2D eigenvalue weighted by Gasteiger charge is 2.30. The molecule has 2 N–H and O–H groups in total. The zero-order valence-corrected chi connectivity index (χ0v) is 17.2. The number of fused-ring (bicyclic) bond motifs is 1. The summed E-state index contributed by atoms with van der Waals surface area (Å²) in [5.74, 6) is -0.0876. The first-order valence-electron chi connectivity index (χ1n) is 9.57. The highest BCUT2D eigenvalue weighted by Crippen LogP contribution is 2.27. The normalized spacial score (nSPS) is 18.5. The number of aromatic carboxylic acids is 1. The van der Waals surface area contributed by atoms with Crippen molar-refractivity contribution in [3.05, 3.63) is 40.4 Å². The number of rotatable bonds is 8. The van der Waals surface area contributed by atoms with E-state index in [4.69, 9.17) is 5.11 Å². The summed E-state index contributed by atoms with van der Waals surface area (Å²) in [6.45, 7) is 1.41. The van der Waals surface area contributed by atoms with E-state index in [9.17, 15) is 9.59 Å². The van der Waals surface area contributed by atoms with Gasteiger partial charge >= 0.3 is 5.97 Å². The highest BCUT2D eigenvalue weighted by molar-refractivity contribution is 8.01. The number of benzene rings is 1. The number of hydrogen-bond acceptors (Lipinski definition) is 6. The Bertz CT molecular complexity index is 883. The van der Waals surface area contributed by atoms with Crippen molar-refractivity contribution < 1.29 is 14.7 Å². The number of anilines is 1. The molecule has 1 aromatic heterocycles. The summed E-state index contributed by atoms with van der Waals surface area (Å²) in [5.41, 5.74) is 4.14. The van der Waals surface area contributed by atoms with Gasteiger partial charge in [0.05, 0.1) is 0 Å². The zero-order valence-electron chi connectivity index (χ0n) is 15.5. The molecule has 1 aliphatic carbocycles. The SMILES string of the molecule is O=C(O)c1csc(SCCN2C(=O)CC[C@@H]2CNc2ccc3c(c2)CCC3)n1. The third-order valence-electron chi connectivity index (χ3n) is 5.35. The molecule has 0 unspecified atom stereocenters. The molecule has 28 heavy (non-hydrogen) atoms. The maximum atomic E-state index is 12.3. The van der Waals surface area contributed by atoms with Crippen molar-refractivity contribution in [2.45, 2.75) is 42.5 Å². The summed E-state index contributed by atoms with van der Waals surface area (Å²) in [4.78, 5) is 29.2. The van der Waals surface area contributed by atoms with Crippen LogP contribution >= 0.6 is 23.1 Å². The molecule has 2 aliphatic rings. The molecule has 0 spiro atoms. The van der Waals surface area contributed by atoms with Gasteiger partial charge in [0.15, 0.2) is 10.0 Å². The van der Waals surface area contributed by atoms with Crippen LogP contribution in [0.5, 0.6) is 0 Å². The summed E-state index contributed by atoms with van der Waals surface area (Å²) in [7, 11) is 0. The van der Waals surface area contributed by atoms with Gasteiger partial charge in [0.2, 0.25) is 5.91 Å². The van der Waals surface area contributed by atoms with E-state index in [0.29, 0.717) is 18.7 Å². The maximum absolute atomic E-state index is 12.3. The van der Waals surface area contributed by atoms with Crippen molar-refractivity contribution in [1.29, 1.82) is 0 Å². The first kappa shape index (κ1) is 19.3. The van der Waals surface area contributed by atoms with Crippen LogP contribution in [0.3, 0.4) is 0 Å². The molecule has 1 aliphatic heterocycles. The molecule has 1 fully saturated rings. The molecule has 0 bridgehead atoms. The lowest BCUT2D eigenvalue weighted by molar-refractivity contribution is -0.128. The van der Waals surface area contributed by atoms with Gasteiger partial charge in [-0.25, -0.2) is 9.78 Å². The van der Waals surface area contributed by atoms with E-state index in [1.165, 1.54) is 47.1 Å². The Labute approximate surface area is 172 Å². The van der Waals surface area contributed by atoms with Crippen molar-refractivity contribution in [3.8, 4) is 0 Å². The monoisotopic (exact) mass is 417 g/mol. The first-order chi connectivity index (χ1) is 13.6. The van der Waals surface area contributed by atoms with Crippen molar-refractivity contribution in [3.63, 3.8) is 0 Å². The molecule has 1 atom stereocenters. The molecule has 8 heteroatoms. The smallest absolute Gasteiger partial charge is 0.355 e. The predicted octanol–water partition coefficient (Wildman–Crippen LogP) is 3.53. The molecular formula is C20H23N3O3S2. The molecule has 148 valence electrons. The predicted molar refractivity (Wildman–Crippen MR) is 111 cm³/mol. The maximum Gasteiger partial charge on any atom is 0.355 e. The molecule has 0 saturated carbocycles. The second-order valence-corrected chi connectivity index (χ2v) is 9.35. The second-order valence-electron chi connectivity index (χ2n) is 7.15. The molecule has 0 radical (unpaired) electrons. The Balaban J connectivity index is 1.28. The summed E-state index contributed by atoms with van der Waals surface area (Å²) >= 11 is 2.84. The number of carbonyl (C=O) groups excluding carboxylic acids is 1. The summed E-state index contributed by atoms with van der Waals surface area (Å²) in [6, 6.07) is 6.82. The Hall–Kier alpha value is -2.06. The van der Waals surface area contributed by atoms with Gasteiger partial charge in [0, 0.05) is 42.4 Å². The summed E-state index contributed by atoms with van der Waals surface area (Å²) in [6.07, 6.45) is 5.07. The van der Waals surface area contributed by atoms with Gasteiger partial charge in [0.25, 0.3) is 0 Å². The highest BCUT2D eigenvalue weighted by atomic mass is 32.2. The van der Waals surface area contributed by atoms with Gasteiger partial charge in [-0.1, -0.05) is 17.8 Å². The molecule has 1 amide bonds. The van der Waals surface area contributed by atoms with Crippen LogP contribution in [0.15, 0.2) is 27.9 Å². The van der Waals surface area contributed by atoms with Gasteiger partial charge in [-0.15, -0.1) is 11.3 Å². The molecule has 1 saturated heterocycles. The van der Waals surface area contributed by atoms with E-state index in [1.807, 2.05) is 4.90 Å². The minimum absolute atomic E-state index is 0.0844. The number of aromatic nitrogens is 1. The van der Waals surface area contributed by atoms with Gasteiger partial charge < -0.3 is 15.3 Å². The van der Waals surface area contributed by atoms with Crippen molar-refractivity contribution in [2.75, 3.05) is 24.2 Å². The van der Waals surface area contributed by atoms with E-state index in [2.05, 4.69) is 28.5 Å². The number of nitrogens with one attached hydrogen (secondary N) is 1. The third-order valence-corrected chi connectivity index (χ3v) is 7.35. The summed E-state index contributed by atoms with van der Waals surface area (Å²) < 4.78 is 0.733. The Morgan fingerprint density at radius 2 is 2.18 bits per heavy atom. The fraction of sp³-hybridized carbons (Fsp3) is 0.450. The lowest BCUT2D eigenvalue weighted by atomic mass is 10.1. The molecule has 4 rings (SSSR count). The lowest BCUT2D eigenvalue weighted by Gasteiger charge is -2.25. The van der Waals surface area contributed by atoms with Crippen molar-refractivity contribution >= 4 is 40.7 Å². The minimum Gasteiger partial charge on any atom is -0.476 e. The van der Waals surface area contributed by atoms with E-state index in [0.717, 1.165) is 29.4 Å². The largest absolute Gasteiger partial charge is 0.476 e. The van der Waals surface area contributed by atoms with Gasteiger partial charge in [-0.05, 0) is 48.9 Å². The molecule has 6 nitrogen and oxygen atoms in total. The van der Waals surface area contributed by atoms with Crippen LogP contribution in [0.25, 0.3) is 0 Å². The van der Waals surface area contributed by atoms with E-state index in [-0.39, 0.29) is 17.6 Å². The Morgan fingerprint density at radius 1 is 1.32 bits per heavy atom. The fourth-order valence-corrected chi connectivity index (χ4v) is 5.69. The number of nitrogens with zero attached hydrogens (tertiary/aromatic N) is 2. The number of aryl methyl sites for hydroxylation is 2. The topological polar surface area (TPSA) is 82.5 Å². The van der Waals surface area contributed by atoms with Gasteiger partial charge in [0.1, 0.15) is 0 Å². The number of carboxylic acid groups (broad SMARTS) is 1. The summed E-state index contributed by atoms with van der Waals surface area (Å²) in [5, 5.41) is 14.0. The number of carbonyl (C=O) groups is 2. The molecular weight excluding hydrogens is 394 g/mol. The molecule has 2 heterocycles. The third kappa shape index (κ3) is 4.33. The van der Waals surface area contributed by atoms with Crippen LogP contribution < -0.4 is 5.32 Å². The lowest BCUT2D eigenvalue weighted by Crippen LogP contribution is -2.39. The average molecular weight is 418 g/mol. The number of thiazole rings is 1. The van der Waals surface area contributed by atoms with Crippen molar-refractivity contribution in [2.24, 2.45) is 0 Å². The Kier molecular flexibility index (Phi) is 5.87. The quantitative estimate of drug-likeness (QED) is 0.640. The van der Waals surface area contributed by atoms with Gasteiger partial charge in [-0.3, -0.25) is 4.79 Å². The number of hydrogen-bond donors (Lipinski definition) is 2. The van der Waals surface area contributed by atoms with E-state index < -0.39 is 5.97 Å². The molecule has 2 aromatic rings. The molecule has 1 aromatic carbocycles. The van der Waals surface area contributed by atoms with Crippen LogP contribution in [-0.2, 0) is 17.6 Å². The fourth-order valence-electron chi connectivity index (χ4n) is 3.88. The van der Waals surface area contributed by atoms with Crippen LogP contribution in [0, 0.1) is 0 Å². The van der Waals surface area contributed by atoms with Crippen LogP contribution in [0.2, 0.25) is 0 Å². The van der Waals surface area contributed by atoms with Crippen LogP contribution in [0.1, 0.15) is 40.9 Å². The first-order valence-corrected chi connectivity index (χ1v) is 11.4. The van der Waals surface area contributed by atoms with Gasteiger partial charge in [-0.2, -0.15) is 0 Å². The average Bonchev–Trinajstić information content (AvgIpc) is 3.41. The van der Waals surface area contributed by atoms with Crippen LogP contribution in [0.4, 0.5) is 5.69 Å². The minimum atomic E-state index is -1.00. The zero-order chi connectivity index (χ0) is 19.5. The number of carboxylic acids is 1. The Morgan fingerprint density at radius 3 is 3.00 bits per heavy atom. The number of thioether (sulfide) groups is 1. The number of amides is 1. The van der Waals surface area contributed by atoms with E-state index >= 15 is 0 Å². The second kappa shape index (κ2) is 8.53. The van der Waals surface area contributed by atoms with E-state index in [1.54, 1.807) is 5.38 Å².